The predicted molar refractivity (Wildman–Crippen MR) is 96.1 cm³/mol. The largest absolute Gasteiger partial charge is 0.493 e. The smallest absolute Gasteiger partial charge is 0.251 e. The highest BCUT2D eigenvalue weighted by Gasteiger charge is 2.18. The number of hydrogen-bond acceptors (Lipinski definition) is 4. The minimum Gasteiger partial charge on any atom is -0.493 e. The Morgan fingerprint density at radius 2 is 1.84 bits per heavy atom. The molecule has 1 unspecified atom stereocenters. The van der Waals surface area contributed by atoms with E-state index in [1.807, 2.05) is 42.8 Å². The average Bonchev–Trinajstić information content (AvgIpc) is 2.98. The summed E-state index contributed by atoms with van der Waals surface area (Å²) in [6.45, 7) is 1.92. The van der Waals surface area contributed by atoms with E-state index in [0.717, 1.165) is 16.9 Å². The molecule has 1 heterocycles. The van der Waals surface area contributed by atoms with Crippen molar-refractivity contribution in [1.82, 2.24) is 14.9 Å². The molecule has 1 atom stereocenters. The van der Waals surface area contributed by atoms with Crippen molar-refractivity contribution < 1.29 is 14.3 Å². The Kier molecular flexibility index (Phi) is 4.61. The molecule has 25 heavy (non-hydrogen) atoms. The van der Waals surface area contributed by atoms with Gasteiger partial charge in [0.15, 0.2) is 11.5 Å². The molecule has 0 fully saturated rings. The zero-order chi connectivity index (χ0) is 18.0. The third-order valence-electron chi connectivity index (χ3n) is 4.20. The van der Waals surface area contributed by atoms with Crippen LogP contribution < -0.4 is 14.8 Å². The number of methoxy groups -OCH3 is 2. The number of para-hydroxylation sites is 2. The van der Waals surface area contributed by atoms with Gasteiger partial charge in [-0.15, -0.1) is 0 Å². The number of fused-ring (bicyclic) bond motifs is 1. The summed E-state index contributed by atoms with van der Waals surface area (Å²) >= 11 is 0. The number of aromatic nitrogens is 2. The number of nitrogens with zero attached hydrogens (tertiary/aromatic N) is 2. The highest BCUT2D eigenvalue weighted by Crippen LogP contribution is 2.28. The van der Waals surface area contributed by atoms with E-state index >= 15 is 0 Å². The molecule has 0 spiro atoms. The van der Waals surface area contributed by atoms with Gasteiger partial charge in [-0.25, -0.2) is 4.98 Å². The maximum atomic E-state index is 12.6. The Morgan fingerprint density at radius 1 is 1.12 bits per heavy atom. The van der Waals surface area contributed by atoms with E-state index in [-0.39, 0.29) is 11.9 Å². The van der Waals surface area contributed by atoms with Crippen LogP contribution in [-0.2, 0) is 7.05 Å². The van der Waals surface area contributed by atoms with Gasteiger partial charge in [-0.3, -0.25) is 4.79 Å². The SMILES string of the molecule is COc1ccc(C(=O)NC(C)c2nc3ccccc3n2C)cc1OC. The summed E-state index contributed by atoms with van der Waals surface area (Å²) in [7, 11) is 5.05. The van der Waals surface area contributed by atoms with Crippen molar-refractivity contribution in [2.75, 3.05) is 14.2 Å². The van der Waals surface area contributed by atoms with E-state index in [1.54, 1.807) is 32.4 Å². The van der Waals surface area contributed by atoms with Gasteiger partial charge in [0.1, 0.15) is 5.82 Å². The molecule has 0 saturated heterocycles. The maximum absolute atomic E-state index is 12.6. The number of hydrogen-bond donors (Lipinski definition) is 1. The molecule has 6 nitrogen and oxygen atoms in total. The first kappa shape index (κ1) is 16.8. The zero-order valence-electron chi connectivity index (χ0n) is 14.7. The molecule has 0 saturated carbocycles. The van der Waals surface area contributed by atoms with Crippen LogP contribution in [0.1, 0.15) is 29.1 Å². The number of imidazole rings is 1. The molecule has 1 N–H and O–H groups in total. The Balaban J connectivity index is 1.83. The molecule has 2 aromatic carbocycles. The van der Waals surface area contributed by atoms with Crippen LogP contribution in [-0.4, -0.2) is 29.7 Å². The van der Waals surface area contributed by atoms with Crippen LogP contribution >= 0.6 is 0 Å². The van der Waals surface area contributed by atoms with Crippen LogP contribution in [0.15, 0.2) is 42.5 Å². The number of aryl methyl sites for hydroxylation is 1. The van der Waals surface area contributed by atoms with Crippen molar-refractivity contribution >= 4 is 16.9 Å². The third-order valence-corrected chi connectivity index (χ3v) is 4.20. The molecule has 1 amide bonds. The third kappa shape index (κ3) is 3.15. The number of rotatable bonds is 5. The fourth-order valence-electron chi connectivity index (χ4n) is 2.87. The van der Waals surface area contributed by atoms with E-state index in [0.29, 0.717) is 17.1 Å². The number of carbonyl (C=O) groups is 1. The molecule has 3 rings (SSSR count). The van der Waals surface area contributed by atoms with Gasteiger partial charge >= 0.3 is 0 Å². The van der Waals surface area contributed by atoms with E-state index < -0.39 is 0 Å². The lowest BCUT2D eigenvalue weighted by Crippen LogP contribution is -2.28. The highest BCUT2D eigenvalue weighted by molar-refractivity contribution is 5.95. The number of amides is 1. The van der Waals surface area contributed by atoms with Gasteiger partial charge in [-0.1, -0.05) is 12.1 Å². The van der Waals surface area contributed by atoms with Crippen LogP contribution in [0.5, 0.6) is 11.5 Å². The predicted octanol–water partition coefficient (Wildman–Crippen LogP) is 3.08. The van der Waals surface area contributed by atoms with Crippen molar-refractivity contribution in [2.45, 2.75) is 13.0 Å². The fourth-order valence-corrected chi connectivity index (χ4v) is 2.87. The molecule has 130 valence electrons. The second-order valence-corrected chi connectivity index (χ2v) is 5.78. The summed E-state index contributed by atoms with van der Waals surface area (Å²) in [6, 6.07) is 12.7. The molecule has 0 aliphatic heterocycles. The molecular weight excluding hydrogens is 318 g/mol. The summed E-state index contributed by atoms with van der Waals surface area (Å²) in [5, 5.41) is 2.98. The number of nitrogens with one attached hydrogen (secondary N) is 1. The monoisotopic (exact) mass is 339 g/mol. The lowest BCUT2D eigenvalue weighted by atomic mass is 10.1. The lowest BCUT2D eigenvalue weighted by molar-refractivity contribution is 0.0937. The second-order valence-electron chi connectivity index (χ2n) is 5.78. The van der Waals surface area contributed by atoms with Crippen LogP contribution in [0.4, 0.5) is 0 Å². The maximum Gasteiger partial charge on any atom is 0.251 e. The van der Waals surface area contributed by atoms with Crippen molar-refractivity contribution in [3.05, 3.63) is 53.9 Å². The van der Waals surface area contributed by atoms with Gasteiger partial charge in [0.2, 0.25) is 0 Å². The van der Waals surface area contributed by atoms with Crippen molar-refractivity contribution in [3.8, 4) is 11.5 Å². The molecule has 0 bridgehead atoms. The van der Waals surface area contributed by atoms with Gasteiger partial charge in [-0.05, 0) is 37.3 Å². The summed E-state index contributed by atoms with van der Waals surface area (Å²) in [5.41, 5.74) is 2.44. The minimum atomic E-state index is -0.238. The van der Waals surface area contributed by atoms with E-state index in [9.17, 15) is 4.79 Å². The van der Waals surface area contributed by atoms with Gasteiger partial charge in [-0.2, -0.15) is 0 Å². The molecule has 0 aliphatic carbocycles. The van der Waals surface area contributed by atoms with Crippen molar-refractivity contribution in [2.24, 2.45) is 7.05 Å². The summed E-state index contributed by atoms with van der Waals surface area (Å²) in [5.74, 6) is 1.71. The van der Waals surface area contributed by atoms with Gasteiger partial charge in [0.25, 0.3) is 5.91 Å². The zero-order valence-corrected chi connectivity index (χ0v) is 14.7. The minimum absolute atomic E-state index is 0.194. The van der Waals surface area contributed by atoms with E-state index in [2.05, 4.69) is 10.3 Å². The Hall–Kier alpha value is -3.02. The standard InChI is InChI=1S/C19H21N3O3/c1-12(18-21-14-7-5-6-8-15(14)22(18)2)20-19(23)13-9-10-16(24-3)17(11-13)25-4/h5-12H,1-4H3,(H,20,23). The molecule has 1 aromatic heterocycles. The Morgan fingerprint density at radius 3 is 2.52 bits per heavy atom. The van der Waals surface area contributed by atoms with Crippen molar-refractivity contribution in [1.29, 1.82) is 0 Å². The number of benzene rings is 2. The average molecular weight is 339 g/mol. The topological polar surface area (TPSA) is 65.4 Å². The number of carbonyl (C=O) groups excluding carboxylic acids is 1. The van der Waals surface area contributed by atoms with Gasteiger partial charge in [0, 0.05) is 12.6 Å². The molecular formula is C19H21N3O3. The van der Waals surface area contributed by atoms with Gasteiger partial charge in [0.05, 0.1) is 31.3 Å². The lowest BCUT2D eigenvalue weighted by Gasteiger charge is -2.15. The van der Waals surface area contributed by atoms with Crippen LogP contribution in [0, 0.1) is 0 Å². The van der Waals surface area contributed by atoms with E-state index in [1.165, 1.54) is 0 Å². The summed E-state index contributed by atoms with van der Waals surface area (Å²) < 4.78 is 12.4. The number of ether oxygens (including phenoxy) is 2. The van der Waals surface area contributed by atoms with Crippen LogP contribution in [0.3, 0.4) is 0 Å². The molecule has 0 aliphatic rings. The molecule has 3 aromatic rings. The first-order chi connectivity index (χ1) is 12.0. The second kappa shape index (κ2) is 6.84. The first-order valence-corrected chi connectivity index (χ1v) is 7.99. The van der Waals surface area contributed by atoms with Crippen molar-refractivity contribution in [3.63, 3.8) is 0 Å². The molecule has 0 radical (unpaired) electrons. The van der Waals surface area contributed by atoms with E-state index in [4.69, 9.17) is 9.47 Å². The summed E-state index contributed by atoms with van der Waals surface area (Å²) in [4.78, 5) is 17.2. The highest BCUT2D eigenvalue weighted by atomic mass is 16.5. The van der Waals surface area contributed by atoms with Crippen LogP contribution in [0.25, 0.3) is 11.0 Å². The quantitative estimate of drug-likeness (QED) is 0.776. The van der Waals surface area contributed by atoms with Crippen LogP contribution in [0.2, 0.25) is 0 Å². The summed E-state index contributed by atoms with van der Waals surface area (Å²) in [6.07, 6.45) is 0. The van der Waals surface area contributed by atoms with Gasteiger partial charge < -0.3 is 19.4 Å². The Labute approximate surface area is 146 Å². The fraction of sp³-hybridized carbons (Fsp3) is 0.263. The normalized spacial score (nSPS) is 12.0. The first-order valence-electron chi connectivity index (χ1n) is 7.99. The molecule has 6 heteroatoms. The Bertz CT molecular complexity index is 917.